The van der Waals surface area contributed by atoms with Crippen molar-refractivity contribution in [2.75, 3.05) is 5.32 Å². The fourth-order valence-corrected chi connectivity index (χ4v) is 4.19. The van der Waals surface area contributed by atoms with E-state index in [1.54, 1.807) is 22.7 Å². The number of hydrogen-bond acceptors (Lipinski definition) is 4. The minimum atomic E-state index is 0.300. The van der Waals surface area contributed by atoms with Crippen LogP contribution in [0, 0.1) is 6.92 Å². The number of halogens is 1. The van der Waals surface area contributed by atoms with Crippen molar-refractivity contribution in [3.05, 3.63) is 55.4 Å². The van der Waals surface area contributed by atoms with Crippen LogP contribution in [0.1, 0.15) is 22.9 Å². The predicted molar refractivity (Wildman–Crippen MR) is 96.3 cm³/mol. The van der Waals surface area contributed by atoms with Crippen LogP contribution in [-0.4, -0.2) is 4.98 Å². The van der Waals surface area contributed by atoms with Crippen molar-refractivity contribution in [1.29, 1.82) is 0 Å². The van der Waals surface area contributed by atoms with Crippen LogP contribution in [0.4, 0.5) is 5.69 Å². The highest BCUT2D eigenvalue weighted by atomic mass is 79.9. The third kappa shape index (κ3) is 3.54. The number of aromatic nitrogens is 1. The van der Waals surface area contributed by atoms with E-state index in [2.05, 4.69) is 74.2 Å². The fraction of sp³-hybridized carbons (Fsp3) is 0.188. The largest absolute Gasteiger partial charge is 0.378 e. The topological polar surface area (TPSA) is 24.9 Å². The van der Waals surface area contributed by atoms with Gasteiger partial charge in [0.15, 0.2) is 0 Å². The zero-order chi connectivity index (χ0) is 14.8. The van der Waals surface area contributed by atoms with Crippen LogP contribution in [0.5, 0.6) is 0 Å². The van der Waals surface area contributed by atoms with Crippen molar-refractivity contribution in [3.63, 3.8) is 0 Å². The third-order valence-electron chi connectivity index (χ3n) is 3.20. The van der Waals surface area contributed by atoms with E-state index in [9.17, 15) is 0 Å². The number of aryl methyl sites for hydroxylation is 1. The maximum Gasteiger partial charge on any atom is 0.0901 e. The summed E-state index contributed by atoms with van der Waals surface area (Å²) >= 11 is 6.95. The van der Waals surface area contributed by atoms with E-state index in [1.165, 1.54) is 4.88 Å². The molecule has 0 fully saturated rings. The molecule has 1 N–H and O–H groups in total. The Kier molecular flexibility index (Phi) is 4.42. The van der Waals surface area contributed by atoms with Gasteiger partial charge in [0, 0.05) is 31.4 Å². The van der Waals surface area contributed by atoms with Gasteiger partial charge in [0.1, 0.15) is 0 Å². The molecule has 0 amide bonds. The number of anilines is 1. The molecule has 3 aromatic rings. The molecule has 0 bridgehead atoms. The summed E-state index contributed by atoms with van der Waals surface area (Å²) in [6, 6.07) is 10.9. The molecule has 2 heterocycles. The van der Waals surface area contributed by atoms with E-state index in [-0.39, 0.29) is 0 Å². The Morgan fingerprint density at radius 1 is 1.14 bits per heavy atom. The summed E-state index contributed by atoms with van der Waals surface area (Å²) in [5.74, 6) is 0. The lowest BCUT2D eigenvalue weighted by atomic mass is 10.1. The average molecular weight is 379 g/mol. The van der Waals surface area contributed by atoms with Gasteiger partial charge in [0.05, 0.1) is 16.7 Å². The van der Waals surface area contributed by atoms with Gasteiger partial charge in [-0.15, -0.1) is 22.7 Å². The minimum absolute atomic E-state index is 0.300. The van der Waals surface area contributed by atoms with Crippen LogP contribution in [0.15, 0.2) is 45.6 Å². The highest BCUT2D eigenvalue weighted by molar-refractivity contribution is 9.10. The van der Waals surface area contributed by atoms with Gasteiger partial charge in [-0.25, -0.2) is 4.98 Å². The summed E-state index contributed by atoms with van der Waals surface area (Å²) in [5, 5.41) is 8.84. The zero-order valence-electron chi connectivity index (χ0n) is 11.8. The molecule has 1 unspecified atom stereocenters. The van der Waals surface area contributed by atoms with Crippen molar-refractivity contribution >= 4 is 44.3 Å². The lowest BCUT2D eigenvalue weighted by Gasteiger charge is -2.13. The molecule has 0 saturated heterocycles. The van der Waals surface area contributed by atoms with Crippen LogP contribution in [-0.2, 0) is 0 Å². The molecule has 1 atom stereocenters. The molecule has 3 rings (SSSR count). The van der Waals surface area contributed by atoms with Crippen LogP contribution in [0.3, 0.4) is 0 Å². The third-order valence-corrected chi connectivity index (χ3v) is 5.85. The molecule has 0 saturated carbocycles. The Hall–Kier alpha value is -1.17. The van der Waals surface area contributed by atoms with Crippen molar-refractivity contribution in [3.8, 4) is 11.3 Å². The number of rotatable bonds is 4. The summed E-state index contributed by atoms with van der Waals surface area (Å²) in [7, 11) is 0. The van der Waals surface area contributed by atoms with Gasteiger partial charge in [-0.05, 0) is 48.0 Å². The second-order valence-corrected chi connectivity index (χ2v) is 7.78. The lowest BCUT2D eigenvalue weighted by Crippen LogP contribution is -2.04. The monoisotopic (exact) mass is 378 g/mol. The first-order chi connectivity index (χ1) is 10.1. The molecule has 0 aliphatic carbocycles. The number of nitrogens with one attached hydrogen (secondary N) is 1. The molecule has 108 valence electrons. The van der Waals surface area contributed by atoms with Gasteiger partial charge in [0.2, 0.25) is 0 Å². The second kappa shape index (κ2) is 6.30. The first-order valence-corrected chi connectivity index (χ1v) is 9.20. The Morgan fingerprint density at radius 2 is 1.90 bits per heavy atom. The van der Waals surface area contributed by atoms with Crippen molar-refractivity contribution < 1.29 is 0 Å². The normalized spacial score (nSPS) is 12.3. The zero-order valence-corrected chi connectivity index (χ0v) is 15.0. The van der Waals surface area contributed by atoms with Crippen LogP contribution in [0.2, 0.25) is 0 Å². The van der Waals surface area contributed by atoms with E-state index in [0.29, 0.717) is 6.04 Å². The molecule has 1 aromatic carbocycles. The summed E-state index contributed by atoms with van der Waals surface area (Å²) in [6.07, 6.45) is 0. The average Bonchev–Trinajstić information content (AvgIpc) is 3.08. The van der Waals surface area contributed by atoms with Gasteiger partial charge >= 0.3 is 0 Å². The molecule has 0 spiro atoms. The number of thiophene rings is 1. The van der Waals surface area contributed by atoms with Gasteiger partial charge < -0.3 is 5.32 Å². The van der Waals surface area contributed by atoms with Gasteiger partial charge in [-0.3, -0.25) is 0 Å². The molecule has 0 radical (unpaired) electrons. The minimum Gasteiger partial charge on any atom is -0.378 e. The van der Waals surface area contributed by atoms with E-state index >= 15 is 0 Å². The Labute approximate surface area is 141 Å². The van der Waals surface area contributed by atoms with E-state index in [1.807, 2.05) is 6.92 Å². The van der Waals surface area contributed by atoms with Crippen molar-refractivity contribution in [2.24, 2.45) is 0 Å². The van der Waals surface area contributed by atoms with Crippen LogP contribution >= 0.6 is 38.6 Å². The molecule has 0 aliphatic rings. The van der Waals surface area contributed by atoms with Crippen LogP contribution in [0.25, 0.3) is 11.3 Å². The maximum absolute atomic E-state index is 4.52. The Balaban J connectivity index is 1.72. The number of thiazole rings is 1. The van der Waals surface area contributed by atoms with E-state index < -0.39 is 0 Å². The van der Waals surface area contributed by atoms with Crippen LogP contribution < -0.4 is 5.32 Å². The molecule has 2 nitrogen and oxygen atoms in total. The predicted octanol–water partition coefficient (Wildman–Crippen LogP) is 6.12. The highest BCUT2D eigenvalue weighted by Gasteiger charge is 2.08. The van der Waals surface area contributed by atoms with E-state index in [4.69, 9.17) is 0 Å². The maximum atomic E-state index is 4.52. The lowest BCUT2D eigenvalue weighted by molar-refractivity contribution is 0.908. The fourth-order valence-electron chi connectivity index (χ4n) is 2.11. The molecule has 0 aliphatic heterocycles. The first kappa shape index (κ1) is 14.8. The Morgan fingerprint density at radius 3 is 2.48 bits per heavy atom. The number of hydrogen-bond donors (Lipinski definition) is 1. The van der Waals surface area contributed by atoms with Crippen molar-refractivity contribution in [2.45, 2.75) is 19.9 Å². The SMILES string of the molecule is Cc1nc(-c2ccc(NC(C)c3cc(Br)cs3)cc2)cs1. The highest BCUT2D eigenvalue weighted by Crippen LogP contribution is 2.29. The molecular weight excluding hydrogens is 364 g/mol. The summed E-state index contributed by atoms with van der Waals surface area (Å²) in [4.78, 5) is 5.84. The van der Waals surface area contributed by atoms with Crippen molar-refractivity contribution in [1.82, 2.24) is 4.98 Å². The number of nitrogens with zero attached hydrogens (tertiary/aromatic N) is 1. The molecule has 21 heavy (non-hydrogen) atoms. The smallest absolute Gasteiger partial charge is 0.0901 e. The van der Waals surface area contributed by atoms with Gasteiger partial charge in [-0.1, -0.05) is 12.1 Å². The van der Waals surface area contributed by atoms with Gasteiger partial charge in [0.25, 0.3) is 0 Å². The quantitative estimate of drug-likeness (QED) is 0.591. The van der Waals surface area contributed by atoms with E-state index in [0.717, 1.165) is 26.4 Å². The van der Waals surface area contributed by atoms with Gasteiger partial charge in [-0.2, -0.15) is 0 Å². The number of benzene rings is 1. The standard InChI is InChI=1S/C16H15BrN2S2/c1-10(16-7-13(17)8-21-16)18-14-5-3-12(4-6-14)15-9-20-11(2)19-15/h3-10,18H,1-2H3. The molecule has 5 heteroatoms. The first-order valence-electron chi connectivity index (χ1n) is 6.65. The Bertz CT molecular complexity index is 731. The summed E-state index contributed by atoms with van der Waals surface area (Å²) in [6.45, 7) is 4.21. The molecular formula is C16H15BrN2S2. The summed E-state index contributed by atoms with van der Waals surface area (Å²) in [5.41, 5.74) is 3.35. The molecule has 2 aromatic heterocycles. The second-order valence-electron chi connectivity index (χ2n) is 4.86. The summed E-state index contributed by atoms with van der Waals surface area (Å²) < 4.78 is 1.14.